The summed E-state index contributed by atoms with van der Waals surface area (Å²) in [7, 11) is 1.72. The van der Waals surface area contributed by atoms with E-state index in [1.54, 1.807) is 7.11 Å². The number of hydrogen-bond acceptors (Lipinski definition) is 3. The van der Waals surface area contributed by atoms with Crippen molar-refractivity contribution in [3.63, 3.8) is 0 Å². The quantitative estimate of drug-likeness (QED) is 0.645. The van der Waals surface area contributed by atoms with Gasteiger partial charge in [-0.05, 0) is 69.4 Å². The summed E-state index contributed by atoms with van der Waals surface area (Å²) in [6.07, 6.45) is 1.02. The van der Waals surface area contributed by atoms with Gasteiger partial charge in [0, 0.05) is 20.3 Å². The molecule has 0 aliphatic rings. The van der Waals surface area contributed by atoms with Gasteiger partial charge in [-0.3, -0.25) is 0 Å². The molecule has 1 aromatic rings. The molecule has 0 aliphatic heterocycles. The van der Waals surface area contributed by atoms with E-state index < -0.39 is 0 Å². The lowest BCUT2D eigenvalue weighted by Crippen LogP contribution is -2.16. The van der Waals surface area contributed by atoms with Crippen LogP contribution in [0, 0.1) is 0 Å². The van der Waals surface area contributed by atoms with Crippen molar-refractivity contribution in [3.8, 4) is 5.75 Å². The number of benzene rings is 1. The summed E-state index contributed by atoms with van der Waals surface area (Å²) in [5.74, 6) is 0.862. The minimum Gasteiger partial charge on any atom is -0.492 e. The van der Waals surface area contributed by atoms with Crippen LogP contribution < -0.4 is 10.1 Å². The van der Waals surface area contributed by atoms with Crippen LogP contribution in [0.15, 0.2) is 21.1 Å². The van der Waals surface area contributed by atoms with Crippen molar-refractivity contribution in [3.05, 3.63) is 26.6 Å². The molecule has 0 unspecified atom stereocenters. The molecular formula is C13H20Br2ClNO2. The summed E-state index contributed by atoms with van der Waals surface area (Å²) in [6, 6.07) is 4.16. The largest absolute Gasteiger partial charge is 0.492 e. The number of rotatable bonds is 8. The van der Waals surface area contributed by atoms with Crippen molar-refractivity contribution in [2.75, 3.05) is 26.9 Å². The SMILES string of the molecule is CCOc1c(Br)cc(CNCCCOC)cc1Br.Cl. The van der Waals surface area contributed by atoms with Crippen LogP contribution in [0.25, 0.3) is 0 Å². The van der Waals surface area contributed by atoms with Crippen LogP contribution in [0.2, 0.25) is 0 Å². The number of methoxy groups -OCH3 is 1. The second kappa shape index (κ2) is 10.9. The number of halogens is 3. The fourth-order valence-corrected chi connectivity index (χ4v) is 3.08. The lowest BCUT2D eigenvalue weighted by atomic mass is 10.2. The molecule has 1 aromatic carbocycles. The minimum absolute atomic E-state index is 0. The first-order valence-corrected chi connectivity index (χ1v) is 7.58. The summed E-state index contributed by atoms with van der Waals surface area (Å²) < 4.78 is 12.5. The Bertz CT molecular complexity index is 355. The summed E-state index contributed by atoms with van der Waals surface area (Å²) in [5, 5.41) is 3.38. The third kappa shape index (κ3) is 6.95. The molecule has 0 heterocycles. The minimum atomic E-state index is 0. The van der Waals surface area contributed by atoms with Crippen LogP contribution in [-0.4, -0.2) is 26.9 Å². The fourth-order valence-electron chi connectivity index (χ4n) is 1.57. The zero-order chi connectivity index (χ0) is 13.4. The van der Waals surface area contributed by atoms with Crippen LogP contribution in [-0.2, 0) is 11.3 Å². The van der Waals surface area contributed by atoms with Gasteiger partial charge in [-0.2, -0.15) is 0 Å². The van der Waals surface area contributed by atoms with Gasteiger partial charge in [-0.1, -0.05) is 0 Å². The molecule has 3 nitrogen and oxygen atoms in total. The first-order valence-electron chi connectivity index (χ1n) is 5.99. The molecule has 6 heteroatoms. The van der Waals surface area contributed by atoms with Crippen LogP contribution in [0.3, 0.4) is 0 Å². The lowest BCUT2D eigenvalue weighted by Gasteiger charge is -2.11. The monoisotopic (exact) mass is 415 g/mol. The van der Waals surface area contributed by atoms with E-state index in [0.717, 1.165) is 40.8 Å². The molecular weight excluding hydrogens is 397 g/mol. The van der Waals surface area contributed by atoms with Crippen molar-refractivity contribution in [1.29, 1.82) is 0 Å². The van der Waals surface area contributed by atoms with Crippen molar-refractivity contribution in [1.82, 2.24) is 5.32 Å². The zero-order valence-electron chi connectivity index (χ0n) is 11.2. The Morgan fingerprint density at radius 3 is 2.37 bits per heavy atom. The van der Waals surface area contributed by atoms with Crippen LogP contribution in [0.4, 0.5) is 0 Å². The van der Waals surface area contributed by atoms with Crippen molar-refractivity contribution in [2.45, 2.75) is 19.9 Å². The molecule has 0 saturated carbocycles. The average molecular weight is 418 g/mol. The van der Waals surface area contributed by atoms with E-state index >= 15 is 0 Å². The number of ether oxygens (including phenoxy) is 2. The van der Waals surface area contributed by atoms with E-state index in [0.29, 0.717) is 6.61 Å². The van der Waals surface area contributed by atoms with E-state index in [9.17, 15) is 0 Å². The highest BCUT2D eigenvalue weighted by Crippen LogP contribution is 2.34. The highest BCUT2D eigenvalue weighted by molar-refractivity contribution is 9.11. The Balaban J connectivity index is 0.00000324. The second-order valence-corrected chi connectivity index (χ2v) is 5.55. The van der Waals surface area contributed by atoms with Gasteiger partial charge in [0.15, 0.2) is 0 Å². The molecule has 110 valence electrons. The van der Waals surface area contributed by atoms with E-state index in [1.807, 2.05) is 6.92 Å². The molecule has 1 N–H and O–H groups in total. The summed E-state index contributed by atoms with van der Waals surface area (Å²) in [4.78, 5) is 0. The molecule has 0 bridgehead atoms. The highest BCUT2D eigenvalue weighted by Gasteiger charge is 2.08. The summed E-state index contributed by atoms with van der Waals surface area (Å²) in [6.45, 7) is 5.23. The molecule has 1 rings (SSSR count). The summed E-state index contributed by atoms with van der Waals surface area (Å²) >= 11 is 7.06. The van der Waals surface area contributed by atoms with Gasteiger partial charge in [-0.15, -0.1) is 12.4 Å². The molecule has 0 aromatic heterocycles. The molecule has 19 heavy (non-hydrogen) atoms. The molecule has 0 radical (unpaired) electrons. The smallest absolute Gasteiger partial charge is 0.147 e. The molecule has 0 saturated heterocycles. The van der Waals surface area contributed by atoms with Crippen molar-refractivity contribution >= 4 is 44.3 Å². The summed E-state index contributed by atoms with van der Waals surface area (Å²) in [5.41, 5.74) is 1.22. The molecule has 0 atom stereocenters. The Morgan fingerprint density at radius 1 is 1.21 bits per heavy atom. The van der Waals surface area contributed by atoms with Gasteiger partial charge < -0.3 is 14.8 Å². The van der Waals surface area contributed by atoms with Crippen molar-refractivity contribution < 1.29 is 9.47 Å². The fraction of sp³-hybridized carbons (Fsp3) is 0.538. The predicted molar refractivity (Wildman–Crippen MR) is 88.5 cm³/mol. The zero-order valence-corrected chi connectivity index (χ0v) is 15.2. The maximum Gasteiger partial charge on any atom is 0.147 e. The highest BCUT2D eigenvalue weighted by atomic mass is 79.9. The molecule has 0 spiro atoms. The maximum atomic E-state index is 5.55. The third-order valence-electron chi connectivity index (χ3n) is 2.38. The number of hydrogen-bond donors (Lipinski definition) is 1. The van der Waals surface area contributed by atoms with Gasteiger partial charge in [0.2, 0.25) is 0 Å². The standard InChI is InChI=1S/C13H19Br2NO2.ClH/c1-3-18-13-11(14)7-10(8-12(13)15)9-16-5-4-6-17-2;/h7-8,16H,3-6,9H2,1-2H3;1H. The van der Waals surface area contributed by atoms with E-state index in [1.165, 1.54) is 5.56 Å². The van der Waals surface area contributed by atoms with Crippen LogP contribution in [0.1, 0.15) is 18.9 Å². The Morgan fingerprint density at radius 2 is 1.84 bits per heavy atom. The maximum absolute atomic E-state index is 5.55. The van der Waals surface area contributed by atoms with Crippen molar-refractivity contribution in [2.24, 2.45) is 0 Å². The Hall–Kier alpha value is 0.190. The van der Waals surface area contributed by atoms with Gasteiger partial charge >= 0.3 is 0 Å². The third-order valence-corrected chi connectivity index (χ3v) is 3.56. The van der Waals surface area contributed by atoms with E-state index in [-0.39, 0.29) is 12.4 Å². The van der Waals surface area contributed by atoms with E-state index in [4.69, 9.17) is 9.47 Å². The van der Waals surface area contributed by atoms with E-state index in [2.05, 4.69) is 49.3 Å². The molecule has 0 amide bonds. The molecule has 0 aliphatic carbocycles. The Kier molecular flexibility index (Phi) is 11.0. The first-order chi connectivity index (χ1) is 8.69. The first kappa shape index (κ1) is 19.2. The van der Waals surface area contributed by atoms with Crippen LogP contribution in [0.5, 0.6) is 5.75 Å². The predicted octanol–water partition coefficient (Wildman–Crippen LogP) is 4.16. The van der Waals surface area contributed by atoms with Gasteiger partial charge in [-0.25, -0.2) is 0 Å². The topological polar surface area (TPSA) is 30.5 Å². The molecule has 0 fully saturated rings. The normalized spacial score (nSPS) is 10.1. The van der Waals surface area contributed by atoms with Gasteiger partial charge in [0.25, 0.3) is 0 Å². The van der Waals surface area contributed by atoms with Crippen LogP contribution >= 0.6 is 44.3 Å². The van der Waals surface area contributed by atoms with Gasteiger partial charge in [0.05, 0.1) is 15.6 Å². The second-order valence-electron chi connectivity index (χ2n) is 3.84. The van der Waals surface area contributed by atoms with Gasteiger partial charge in [0.1, 0.15) is 5.75 Å². The average Bonchev–Trinajstić information content (AvgIpc) is 2.33. The number of nitrogens with one attached hydrogen (secondary N) is 1. The lowest BCUT2D eigenvalue weighted by molar-refractivity contribution is 0.194. The Labute approximate surface area is 138 Å².